The summed E-state index contributed by atoms with van der Waals surface area (Å²) in [5.74, 6) is -0.433. The summed E-state index contributed by atoms with van der Waals surface area (Å²) in [6.07, 6.45) is 4.05. The van der Waals surface area contributed by atoms with Gasteiger partial charge in [0, 0.05) is 12.6 Å². The number of benzene rings is 2. The van der Waals surface area contributed by atoms with Crippen molar-refractivity contribution in [2.75, 3.05) is 20.1 Å². The van der Waals surface area contributed by atoms with Gasteiger partial charge in [-0.1, -0.05) is 42.5 Å². The number of carbonyl (C=O) groups is 1. The van der Waals surface area contributed by atoms with E-state index in [2.05, 4.69) is 11.0 Å². The molecule has 2 aliphatic rings. The summed E-state index contributed by atoms with van der Waals surface area (Å²) < 4.78 is 26.3. The van der Waals surface area contributed by atoms with Crippen molar-refractivity contribution in [2.45, 2.75) is 48.5 Å². The highest BCUT2D eigenvalue weighted by Crippen LogP contribution is 2.40. The number of sulfonamides is 1. The van der Waals surface area contributed by atoms with Crippen LogP contribution in [0.1, 0.15) is 48.0 Å². The van der Waals surface area contributed by atoms with Gasteiger partial charge in [0.1, 0.15) is 4.90 Å². The van der Waals surface area contributed by atoms with Crippen LogP contribution in [0.2, 0.25) is 0 Å². The first-order valence-corrected chi connectivity index (χ1v) is 12.2. The fourth-order valence-electron chi connectivity index (χ4n) is 4.86. The third-order valence-corrected chi connectivity index (χ3v) is 8.60. The van der Waals surface area contributed by atoms with Crippen LogP contribution in [0.5, 0.6) is 0 Å². The van der Waals surface area contributed by atoms with Crippen LogP contribution >= 0.6 is 12.4 Å². The molecular weight excluding hydrogens is 446 g/mol. The fourth-order valence-corrected chi connectivity index (χ4v) is 6.46. The fraction of sp³-hybridized carbons (Fsp3) is 0.417. The summed E-state index contributed by atoms with van der Waals surface area (Å²) in [5.41, 5.74) is 0.938. The molecule has 0 spiro atoms. The maximum Gasteiger partial charge on any atom is 0.269 e. The largest absolute Gasteiger partial charge is 0.303 e. The van der Waals surface area contributed by atoms with Crippen LogP contribution in [-0.2, 0) is 15.4 Å². The van der Waals surface area contributed by atoms with Crippen LogP contribution in [0, 0.1) is 11.3 Å². The lowest BCUT2D eigenvalue weighted by Gasteiger charge is -2.39. The van der Waals surface area contributed by atoms with E-state index in [1.54, 1.807) is 18.2 Å². The van der Waals surface area contributed by atoms with Crippen LogP contribution in [0.15, 0.2) is 59.5 Å². The molecule has 2 aromatic rings. The van der Waals surface area contributed by atoms with Gasteiger partial charge in [-0.05, 0) is 63.4 Å². The minimum absolute atomic E-state index is 0. The van der Waals surface area contributed by atoms with E-state index in [0.717, 1.165) is 35.6 Å². The van der Waals surface area contributed by atoms with E-state index in [1.165, 1.54) is 6.07 Å². The maximum absolute atomic E-state index is 12.7. The average molecular weight is 474 g/mol. The minimum Gasteiger partial charge on any atom is -0.303 e. The molecular formula is C24H28ClN3O3S. The quantitative estimate of drug-likeness (QED) is 0.633. The van der Waals surface area contributed by atoms with Gasteiger partial charge in [0.15, 0.2) is 0 Å². The van der Waals surface area contributed by atoms with Gasteiger partial charge in [-0.3, -0.25) is 4.79 Å². The van der Waals surface area contributed by atoms with Gasteiger partial charge in [-0.25, -0.2) is 12.7 Å². The zero-order valence-electron chi connectivity index (χ0n) is 18.1. The van der Waals surface area contributed by atoms with Gasteiger partial charge in [0.2, 0.25) is 0 Å². The first-order chi connectivity index (χ1) is 14.9. The van der Waals surface area contributed by atoms with Crippen molar-refractivity contribution < 1.29 is 13.2 Å². The normalized spacial score (nSPS) is 24.0. The lowest BCUT2D eigenvalue weighted by molar-refractivity contribution is 0.0863. The summed E-state index contributed by atoms with van der Waals surface area (Å²) in [7, 11) is -1.70. The zero-order valence-corrected chi connectivity index (χ0v) is 19.7. The van der Waals surface area contributed by atoms with Crippen molar-refractivity contribution in [2.24, 2.45) is 0 Å². The molecule has 32 heavy (non-hydrogen) atoms. The van der Waals surface area contributed by atoms with Crippen molar-refractivity contribution >= 4 is 28.3 Å². The van der Waals surface area contributed by atoms with E-state index >= 15 is 0 Å². The first kappa shape index (κ1) is 24.2. The van der Waals surface area contributed by atoms with E-state index in [0.29, 0.717) is 19.0 Å². The van der Waals surface area contributed by atoms with Crippen LogP contribution in [0.4, 0.5) is 0 Å². The summed E-state index contributed by atoms with van der Waals surface area (Å²) in [4.78, 5) is 14.9. The molecule has 0 N–H and O–H groups in total. The van der Waals surface area contributed by atoms with E-state index in [4.69, 9.17) is 0 Å². The molecule has 4 rings (SSSR count). The molecule has 2 aromatic carbocycles. The van der Waals surface area contributed by atoms with Gasteiger partial charge in [0.25, 0.3) is 15.9 Å². The first-order valence-electron chi connectivity index (χ1n) is 10.7. The summed E-state index contributed by atoms with van der Waals surface area (Å²) in [5, 5.41) is 9.87. The van der Waals surface area contributed by atoms with Crippen molar-refractivity contribution in [3.63, 3.8) is 0 Å². The number of hydrogen-bond acceptors (Lipinski definition) is 5. The lowest BCUT2D eigenvalue weighted by Crippen LogP contribution is -2.41. The van der Waals surface area contributed by atoms with Gasteiger partial charge in [-0.15, -0.1) is 12.4 Å². The highest BCUT2D eigenvalue weighted by Gasteiger charge is 2.41. The molecule has 1 saturated carbocycles. The van der Waals surface area contributed by atoms with Crippen molar-refractivity contribution in [3.05, 3.63) is 65.7 Å². The number of carbonyl (C=O) groups excluding carboxylic acids is 1. The van der Waals surface area contributed by atoms with E-state index < -0.39 is 21.3 Å². The number of amides is 1. The monoisotopic (exact) mass is 473 g/mol. The molecule has 8 heteroatoms. The second-order valence-electron chi connectivity index (χ2n) is 8.50. The SMILES string of the molecule is CN(CCCN1C(=O)c2ccccc2S1(=O)=O)C1CCC(C#N)(c2ccccc2)CC1.Cl. The molecule has 1 amide bonds. The molecule has 1 aliphatic carbocycles. The Morgan fingerprint density at radius 2 is 1.72 bits per heavy atom. The Bertz CT molecular complexity index is 1110. The zero-order chi connectivity index (χ0) is 22.1. The van der Waals surface area contributed by atoms with Crippen LogP contribution in [0.25, 0.3) is 0 Å². The summed E-state index contributed by atoms with van der Waals surface area (Å²) in [6.45, 7) is 0.879. The molecule has 170 valence electrons. The Kier molecular flexibility index (Phi) is 7.29. The summed E-state index contributed by atoms with van der Waals surface area (Å²) in [6, 6.07) is 19.3. The van der Waals surface area contributed by atoms with Crippen LogP contribution in [-0.4, -0.2) is 49.7 Å². The third-order valence-electron chi connectivity index (χ3n) is 6.76. The highest BCUT2D eigenvalue weighted by molar-refractivity contribution is 7.90. The Morgan fingerprint density at radius 1 is 1.09 bits per heavy atom. The smallest absolute Gasteiger partial charge is 0.269 e. The predicted molar refractivity (Wildman–Crippen MR) is 125 cm³/mol. The van der Waals surface area contributed by atoms with Crippen molar-refractivity contribution in [1.29, 1.82) is 5.26 Å². The molecule has 0 aromatic heterocycles. The minimum atomic E-state index is -3.74. The molecule has 6 nitrogen and oxygen atoms in total. The van der Waals surface area contributed by atoms with E-state index in [-0.39, 0.29) is 29.4 Å². The third kappa shape index (κ3) is 4.27. The molecule has 1 fully saturated rings. The van der Waals surface area contributed by atoms with Gasteiger partial charge in [-0.2, -0.15) is 5.26 Å². The Balaban J connectivity index is 0.00000289. The number of halogens is 1. The van der Waals surface area contributed by atoms with Gasteiger partial charge < -0.3 is 4.90 Å². The lowest BCUT2D eigenvalue weighted by atomic mass is 9.69. The standard InChI is InChI=1S/C24H27N3O3S.ClH/c1-26(20-12-14-24(18-25,15-13-20)19-8-3-2-4-9-19)16-7-17-27-23(28)21-10-5-6-11-22(21)31(27,29)30;/h2-6,8-11,20H,7,12-17H2,1H3;1H. The van der Waals surface area contributed by atoms with Crippen molar-refractivity contribution in [1.82, 2.24) is 9.21 Å². The Morgan fingerprint density at radius 3 is 2.34 bits per heavy atom. The molecule has 0 radical (unpaired) electrons. The van der Waals surface area contributed by atoms with Crippen LogP contribution < -0.4 is 0 Å². The van der Waals surface area contributed by atoms with Gasteiger partial charge in [0.05, 0.1) is 17.0 Å². The molecule has 0 saturated heterocycles. The predicted octanol–water partition coefficient (Wildman–Crippen LogP) is 3.98. The topological polar surface area (TPSA) is 81.5 Å². The van der Waals surface area contributed by atoms with Crippen LogP contribution in [0.3, 0.4) is 0 Å². The Hall–Kier alpha value is -2.40. The summed E-state index contributed by atoms with van der Waals surface area (Å²) >= 11 is 0. The maximum atomic E-state index is 12.7. The number of fused-ring (bicyclic) bond motifs is 1. The van der Waals surface area contributed by atoms with E-state index in [9.17, 15) is 18.5 Å². The Labute approximate surface area is 196 Å². The number of nitrogens with zero attached hydrogens (tertiary/aromatic N) is 3. The van der Waals surface area contributed by atoms with E-state index in [1.807, 2.05) is 37.4 Å². The van der Waals surface area contributed by atoms with Gasteiger partial charge >= 0.3 is 0 Å². The molecule has 1 heterocycles. The molecule has 0 bridgehead atoms. The number of hydrogen-bond donors (Lipinski definition) is 0. The average Bonchev–Trinajstić information content (AvgIpc) is 3.00. The second kappa shape index (κ2) is 9.62. The highest BCUT2D eigenvalue weighted by atomic mass is 35.5. The molecule has 1 aliphatic heterocycles. The second-order valence-corrected chi connectivity index (χ2v) is 10.3. The number of rotatable bonds is 6. The molecule has 0 atom stereocenters. The molecule has 0 unspecified atom stereocenters. The number of nitriles is 1. The van der Waals surface area contributed by atoms with Crippen molar-refractivity contribution in [3.8, 4) is 6.07 Å².